The lowest BCUT2D eigenvalue weighted by Gasteiger charge is -2.41. The van der Waals surface area contributed by atoms with E-state index in [0.29, 0.717) is 17.7 Å². The van der Waals surface area contributed by atoms with Gasteiger partial charge in [0, 0.05) is 6.04 Å². The summed E-state index contributed by atoms with van der Waals surface area (Å²) in [4.78, 5) is 2.68. The van der Waals surface area contributed by atoms with Gasteiger partial charge in [-0.1, -0.05) is 32.9 Å². The second-order valence-corrected chi connectivity index (χ2v) is 6.00. The fourth-order valence-corrected chi connectivity index (χ4v) is 3.86. The highest BCUT2D eigenvalue weighted by Crippen LogP contribution is 2.40. The van der Waals surface area contributed by atoms with Crippen molar-refractivity contribution in [3.05, 3.63) is 29.3 Å². The average molecular weight is 356 g/mol. The fourth-order valence-electron chi connectivity index (χ4n) is 3.86. The molecule has 2 atom stereocenters. The van der Waals surface area contributed by atoms with Crippen molar-refractivity contribution < 1.29 is 5.11 Å². The smallest absolute Gasteiger partial charge is 0.119 e. The standard InChI is InChI=1S/C18H29NO.BrH/c1-4-12-19(13-5-2)17-11-10-16-15(14(17)6-3)8-7-9-18(16)20;/h7-9,14,17,20H,4-6,10-13H2,1-3H3;1H. The van der Waals surface area contributed by atoms with Crippen LogP contribution >= 0.6 is 17.0 Å². The number of phenolic OH excluding ortho intramolecular Hbond substituents is 1. The van der Waals surface area contributed by atoms with Crippen molar-refractivity contribution in [1.29, 1.82) is 0 Å². The van der Waals surface area contributed by atoms with Crippen LogP contribution in [0.15, 0.2) is 18.2 Å². The number of nitrogens with zero attached hydrogens (tertiary/aromatic N) is 1. The Morgan fingerprint density at radius 3 is 2.38 bits per heavy atom. The van der Waals surface area contributed by atoms with Crippen LogP contribution in [0.5, 0.6) is 5.75 Å². The number of fused-ring (bicyclic) bond motifs is 1. The Bertz CT molecular complexity index is 429. The highest BCUT2D eigenvalue weighted by atomic mass is 79.9. The van der Waals surface area contributed by atoms with Gasteiger partial charge in [0.15, 0.2) is 0 Å². The molecule has 0 saturated heterocycles. The predicted molar refractivity (Wildman–Crippen MR) is 95.7 cm³/mol. The molecule has 3 heteroatoms. The van der Waals surface area contributed by atoms with Gasteiger partial charge in [0.1, 0.15) is 5.75 Å². The van der Waals surface area contributed by atoms with E-state index in [9.17, 15) is 5.11 Å². The molecule has 2 rings (SSSR count). The van der Waals surface area contributed by atoms with Crippen LogP contribution in [0.1, 0.15) is 63.5 Å². The molecule has 1 aliphatic rings. The minimum atomic E-state index is 0. The Labute approximate surface area is 140 Å². The number of benzene rings is 1. The first kappa shape index (κ1) is 18.5. The summed E-state index contributed by atoms with van der Waals surface area (Å²) in [6.45, 7) is 9.22. The molecule has 1 N–H and O–H groups in total. The van der Waals surface area contributed by atoms with Gasteiger partial charge < -0.3 is 5.11 Å². The molecule has 1 aromatic rings. The highest BCUT2D eigenvalue weighted by Gasteiger charge is 2.32. The van der Waals surface area contributed by atoms with Gasteiger partial charge in [-0.25, -0.2) is 0 Å². The van der Waals surface area contributed by atoms with E-state index in [-0.39, 0.29) is 17.0 Å². The van der Waals surface area contributed by atoms with E-state index in [4.69, 9.17) is 0 Å². The van der Waals surface area contributed by atoms with E-state index < -0.39 is 0 Å². The molecule has 0 radical (unpaired) electrons. The summed E-state index contributed by atoms with van der Waals surface area (Å²) in [5, 5.41) is 10.1. The van der Waals surface area contributed by atoms with Gasteiger partial charge in [-0.15, -0.1) is 17.0 Å². The van der Waals surface area contributed by atoms with Crippen LogP contribution in [-0.4, -0.2) is 29.1 Å². The largest absolute Gasteiger partial charge is 0.508 e. The topological polar surface area (TPSA) is 23.5 Å². The molecule has 1 aromatic carbocycles. The summed E-state index contributed by atoms with van der Waals surface area (Å²) in [7, 11) is 0. The van der Waals surface area contributed by atoms with Crippen LogP contribution < -0.4 is 0 Å². The second-order valence-electron chi connectivity index (χ2n) is 6.00. The zero-order valence-electron chi connectivity index (χ0n) is 13.6. The number of aromatic hydroxyl groups is 1. The van der Waals surface area contributed by atoms with E-state index >= 15 is 0 Å². The third-order valence-corrected chi connectivity index (χ3v) is 4.67. The van der Waals surface area contributed by atoms with Gasteiger partial charge >= 0.3 is 0 Å². The lowest BCUT2D eigenvalue weighted by Crippen LogP contribution is -2.43. The molecule has 0 aliphatic heterocycles. The first-order valence-corrected chi connectivity index (χ1v) is 8.27. The molecule has 0 saturated carbocycles. The van der Waals surface area contributed by atoms with Gasteiger partial charge in [-0.2, -0.15) is 0 Å². The number of hydrogen-bond acceptors (Lipinski definition) is 2. The molecule has 0 amide bonds. The molecule has 2 unspecified atom stereocenters. The van der Waals surface area contributed by atoms with Crippen LogP contribution in [0, 0.1) is 0 Å². The van der Waals surface area contributed by atoms with Crippen LogP contribution in [0.2, 0.25) is 0 Å². The molecule has 0 spiro atoms. The molecule has 120 valence electrons. The summed E-state index contributed by atoms with van der Waals surface area (Å²) < 4.78 is 0. The maximum absolute atomic E-state index is 10.1. The third kappa shape index (κ3) is 4.01. The van der Waals surface area contributed by atoms with Crippen molar-refractivity contribution in [2.75, 3.05) is 13.1 Å². The molecule has 0 bridgehead atoms. The Hall–Kier alpha value is -0.540. The third-order valence-electron chi connectivity index (χ3n) is 4.67. The Balaban J connectivity index is 0.00000220. The van der Waals surface area contributed by atoms with Crippen LogP contribution in [0.4, 0.5) is 0 Å². The van der Waals surface area contributed by atoms with Crippen LogP contribution in [0.25, 0.3) is 0 Å². The Kier molecular flexibility index (Phi) is 7.75. The summed E-state index contributed by atoms with van der Waals surface area (Å²) in [6, 6.07) is 6.71. The van der Waals surface area contributed by atoms with Crippen LogP contribution in [0.3, 0.4) is 0 Å². The van der Waals surface area contributed by atoms with Crippen molar-refractivity contribution in [3.63, 3.8) is 0 Å². The predicted octanol–water partition coefficient (Wildman–Crippen LogP) is 4.90. The normalized spacial score (nSPS) is 21.0. The zero-order chi connectivity index (χ0) is 14.5. The van der Waals surface area contributed by atoms with E-state index in [1.807, 2.05) is 12.1 Å². The van der Waals surface area contributed by atoms with Crippen molar-refractivity contribution in [1.82, 2.24) is 4.90 Å². The molecular weight excluding hydrogens is 326 g/mol. The van der Waals surface area contributed by atoms with Crippen LogP contribution in [-0.2, 0) is 6.42 Å². The highest BCUT2D eigenvalue weighted by molar-refractivity contribution is 8.93. The monoisotopic (exact) mass is 355 g/mol. The Morgan fingerprint density at radius 1 is 1.14 bits per heavy atom. The van der Waals surface area contributed by atoms with E-state index in [1.54, 1.807) is 0 Å². The average Bonchev–Trinajstić information content (AvgIpc) is 2.46. The number of rotatable bonds is 6. The SMILES string of the molecule is Br.CCCN(CCC)C1CCc2c(O)cccc2C1CC. The van der Waals surface area contributed by atoms with Crippen molar-refractivity contribution >= 4 is 17.0 Å². The summed E-state index contributed by atoms with van der Waals surface area (Å²) >= 11 is 0. The van der Waals surface area contributed by atoms with E-state index in [2.05, 4.69) is 31.7 Å². The molecule has 0 fully saturated rings. The number of phenols is 1. The number of halogens is 1. The minimum absolute atomic E-state index is 0. The van der Waals surface area contributed by atoms with Gasteiger partial charge in [0.25, 0.3) is 0 Å². The molecule has 2 nitrogen and oxygen atoms in total. The summed E-state index contributed by atoms with van der Waals surface area (Å²) in [6.07, 6.45) is 5.81. The maximum atomic E-state index is 10.1. The van der Waals surface area contributed by atoms with Gasteiger partial charge in [-0.05, 0) is 68.3 Å². The molecule has 0 aromatic heterocycles. The van der Waals surface area contributed by atoms with Crippen molar-refractivity contribution in [3.8, 4) is 5.75 Å². The first-order chi connectivity index (χ1) is 9.72. The lowest BCUT2D eigenvalue weighted by atomic mass is 9.76. The molecule has 0 heterocycles. The van der Waals surface area contributed by atoms with Crippen molar-refractivity contribution in [2.45, 2.75) is 64.8 Å². The summed E-state index contributed by atoms with van der Waals surface area (Å²) in [5.41, 5.74) is 2.59. The molecule has 1 aliphatic carbocycles. The zero-order valence-corrected chi connectivity index (χ0v) is 15.4. The first-order valence-electron chi connectivity index (χ1n) is 8.27. The minimum Gasteiger partial charge on any atom is -0.508 e. The van der Waals surface area contributed by atoms with Gasteiger partial charge in [-0.3, -0.25) is 4.90 Å². The quantitative estimate of drug-likeness (QED) is 0.784. The van der Waals surface area contributed by atoms with E-state index in [0.717, 1.165) is 12.8 Å². The van der Waals surface area contributed by atoms with Gasteiger partial charge in [0.05, 0.1) is 0 Å². The summed E-state index contributed by atoms with van der Waals surface area (Å²) in [5.74, 6) is 1.07. The maximum Gasteiger partial charge on any atom is 0.119 e. The van der Waals surface area contributed by atoms with Gasteiger partial charge in [0.2, 0.25) is 0 Å². The molecular formula is C18H30BrNO. The number of hydrogen-bond donors (Lipinski definition) is 1. The molecule has 21 heavy (non-hydrogen) atoms. The van der Waals surface area contributed by atoms with Crippen molar-refractivity contribution in [2.24, 2.45) is 0 Å². The Morgan fingerprint density at radius 2 is 1.81 bits per heavy atom. The second kappa shape index (κ2) is 8.79. The fraction of sp³-hybridized carbons (Fsp3) is 0.667. The van der Waals surface area contributed by atoms with E-state index in [1.165, 1.54) is 43.5 Å². The lowest BCUT2D eigenvalue weighted by molar-refractivity contribution is 0.151.